The monoisotopic (exact) mass is 228 g/mol. The highest BCUT2D eigenvalue weighted by atomic mass is 16.6. The normalized spacial score (nSPS) is 36.2. The van der Waals surface area contributed by atoms with Gasteiger partial charge in [-0.3, -0.25) is 9.63 Å². The molecule has 3 unspecified atom stereocenters. The zero-order valence-corrected chi connectivity index (χ0v) is 9.86. The Morgan fingerprint density at radius 2 is 2.38 bits per heavy atom. The highest BCUT2D eigenvalue weighted by molar-refractivity contribution is 5.74. The molecular weight excluding hydrogens is 208 g/mol. The Hall–Kier alpha value is -0.650. The van der Waals surface area contributed by atoms with E-state index in [2.05, 4.69) is 19.3 Å². The van der Waals surface area contributed by atoms with Crippen LogP contribution < -0.4 is 11.2 Å². The van der Waals surface area contributed by atoms with E-state index >= 15 is 0 Å². The zero-order valence-electron chi connectivity index (χ0n) is 9.86. The fourth-order valence-corrected chi connectivity index (χ4v) is 2.96. The predicted molar refractivity (Wildman–Crippen MR) is 58.3 cm³/mol. The van der Waals surface area contributed by atoms with E-state index < -0.39 is 5.91 Å². The van der Waals surface area contributed by atoms with E-state index in [0.29, 0.717) is 12.0 Å². The predicted octanol–water partition coefficient (Wildman–Crippen LogP) is 0.197. The lowest BCUT2D eigenvalue weighted by Crippen LogP contribution is -2.69. The van der Waals surface area contributed by atoms with Crippen molar-refractivity contribution in [1.82, 2.24) is 5.48 Å². The van der Waals surface area contributed by atoms with E-state index in [9.17, 15) is 4.79 Å². The topological polar surface area (TPSA) is 73.6 Å². The first-order valence-electron chi connectivity index (χ1n) is 5.80. The van der Waals surface area contributed by atoms with Crippen molar-refractivity contribution in [2.75, 3.05) is 13.2 Å². The number of nitrogens with one attached hydrogen (secondary N) is 1. The molecule has 5 nitrogen and oxygen atoms in total. The number of primary amides is 1. The Kier molecular flexibility index (Phi) is 3.19. The summed E-state index contributed by atoms with van der Waals surface area (Å²) in [5, 5.41) is 0. The minimum absolute atomic E-state index is 0.0583. The molecule has 1 heterocycles. The molecule has 5 heteroatoms. The van der Waals surface area contributed by atoms with Gasteiger partial charge in [-0.25, -0.2) is 0 Å². The van der Waals surface area contributed by atoms with Gasteiger partial charge in [0.1, 0.15) is 6.61 Å². The molecule has 2 aliphatic rings. The summed E-state index contributed by atoms with van der Waals surface area (Å²) in [5.41, 5.74) is 8.03. The highest BCUT2D eigenvalue weighted by Gasteiger charge is 2.58. The van der Waals surface area contributed by atoms with Crippen molar-refractivity contribution in [3.63, 3.8) is 0 Å². The molecule has 1 aliphatic heterocycles. The Bertz CT molecular complexity index is 280. The molecule has 0 radical (unpaired) electrons. The van der Waals surface area contributed by atoms with Crippen LogP contribution in [0.1, 0.15) is 26.7 Å². The summed E-state index contributed by atoms with van der Waals surface area (Å²) < 4.78 is 5.76. The van der Waals surface area contributed by atoms with Crippen molar-refractivity contribution >= 4 is 5.91 Å². The second-order valence-electron chi connectivity index (χ2n) is 5.27. The second-order valence-corrected chi connectivity index (χ2v) is 5.27. The van der Waals surface area contributed by atoms with Gasteiger partial charge in [0, 0.05) is 24.0 Å². The van der Waals surface area contributed by atoms with Crippen LogP contribution in [0.2, 0.25) is 0 Å². The number of hydroxylamine groups is 1. The van der Waals surface area contributed by atoms with Gasteiger partial charge in [-0.15, -0.1) is 0 Å². The minimum atomic E-state index is -0.457. The fourth-order valence-electron chi connectivity index (χ4n) is 2.96. The molecule has 1 aliphatic carbocycles. The molecule has 0 aromatic heterocycles. The van der Waals surface area contributed by atoms with Crippen molar-refractivity contribution in [3.05, 3.63) is 0 Å². The molecule has 1 amide bonds. The molecule has 0 bridgehead atoms. The molecule has 1 saturated heterocycles. The van der Waals surface area contributed by atoms with Gasteiger partial charge in [-0.05, 0) is 12.8 Å². The van der Waals surface area contributed by atoms with E-state index in [0.717, 1.165) is 19.4 Å². The molecular formula is C11H20N2O3. The van der Waals surface area contributed by atoms with Crippen molar-refractivity contribution in [1.29, 1.82) is 0 Å². The molecule has 0 aromatic carbocycles. The van der Waals surface area contributed by atoms with Gasteiger partial charge >= 0.3 is 0 Å². The van der Waals surface area contributed by atoms with Crippen LogP contribution in [-0.2, 0) is 14.4 Å². The lowest BCUT2D eigenvalue weighted by Gasteiger charge is -2.59. The lowest BCUT2D eigenvalue weighted by atomic mass is 9.55. The number of hydrogen-bond donors (Lipinski definition) is 2. The molecule has 3 atom stereocenters. The summed E-state index contributed by atoms with van der Waals surface area (Å²) in [5.74, 6) is 0.0395. The zero-order chi connectivity index (χ0) is 11.8. The highest BCUT2D eigenvalue weighted by Crippen LogP contribution is 2.51. The summed E-state index contributed by atoms with van der Waals surface area (Å²) in [7, 11) is 0. The minimum Gasteiger partial charge on any atom is -0.377 e. The third-order valence-corrected chi connectivity index (χ3v) is 3.76. The number of carbonyl (C=O) groups excluding carboxylic acids is 1. The molecule has 16 heavy (non-hydrogen) atoms. The smallest absolute Gasteiger partial charge is 0.245 e. The molecule has 92 valence electrons. The molecule has 1 saturated carbocycles. The summed E-state index contributed by atoms with van der Waals surface area (Å²) in [6, 6.07) is 0.247. The fraction of sp³-hybridized carbons (Fsp3) is 0.909. The first kappa shape index (κ1) is 11.8. The van der Waals surface area contributed by atoms with Crippen LogP contribution in [0.5, 0.6) is 0 Å². The van der Waals surface area contributed by atoms with Gasteiger partial charge in [0.15, 0.2) is 0 Å². The van der Waals surface area contributed by atoms with Gasteiger partial charge in [0.2, 0.25) is 5.91 Å². The molecule has 0 spiro atoms. The van der Waals surface area contributed by atoms with Crippen LogP contribution in [0.15, 0.2) is 0 Å². The number of ether oxygens (including phenoxy) is 1. The van der Waals surface area contributed by atoms with Crippen LogP contribution >= 0.6 is 0 Å². The SMILES string of the molecule is CC1(C)C(NOCC(N)=O)C2CCCOC21. The summed E-state index contributed by atoms with van der Waals surface area (Å²) >= 11 is 0. The van der Waals surface area contributed by atoms with Crippen molar-refractivity contribution in [2.45, 2.75) is 38.8 Å². The van der Waals surface area contributed by atoms with Crippen LogP contribution in [0.4, 0.5) is 0 Å². The van der Waals surface area contributed by atoms with Gasteiger partial charge in [0.05, 0.1) is 6.10 Å². The van der Waals surface area contributed by atoms with E-state index in [1.54, 1.807) is 0 Å². The van der Waals surface area contributed by atoms with E-state index in [-0.39, 0.29) is 18.1 Å². The third-order valence-electron chi connectivity index (χ3n) is 3.76. The maximum Gasteiger partial charge on any atom is 0.245 e. The number of rotatable bonds is 4. The van der Waals surface area contributed by atoms with E-state index in [1.165, 1.54) is 0 Å². The first-order valence-corrected chi connectivity index (χ1v) is 5.80. The van der Waals surface area contributed by atoms with Crippen LogP contribution in [0.3, 0.4) is 0 Å². The maximum atomic E-state index is 10.6. The maximum absolute atomic E-state index is 10.6. The number of amides is 1. The Morgan fingerprint density at radius 3 is 3.06 bits per heavy atom. The van der Waals surface area contributed by atoms with Crippen molar-refractivity contribution in [3.8, 4) is 0 Å². The Balaban J connectivity index is 1.86. The Labute approximate surface area is 95.6 Å². The van der Waals surface area contributed by atoms with Crippen LogP contribution in [-0.4, -0.2) is 31.3 Å². The Morgan fingerprint density at radius 1 is 1.62 bits per heavy atom. The van der Waals surface area contributed by atoms with Gasteiger partial charge in [-0.1, -0.05) is 13.8 Å². The summed E-state index contributed by atoms with van der Waals surface area (Å²) in [6.45, 7) is 5.10. The number of hydrogen-bond acceptors (Lipinski definition) is 4. The van der Waals surface area contributed by atoms with Gasteiger partial charge in [0.25, 0.3) is 0 Å². The first-order chi connectivity index (χ1) is 7.53. The van der Waals surface area contributed by atoms with Gasteiger partial charge < -0.3 is 10.5 Å². The molecule has 2 rings (SSSR count). The second kappa shape index (κ2) is 4.31. The van der Waals surface area contributed by atoms with Crippen LogP contribution in [0, 0.1) is 11.3 Å². The molecule has 0 aromatic rings. The summed E-state index contributed by atoms with van der Waals surface area (Å²) in [4.78, 5) is 15.7. The van der Waals surface area contributed by atoms with Crippen molar-refractivity contribution in [2.24, 2.45) is 17.1 Å². The number of nitrogens with two attached hydrogens (primary N) is 1. The van der Waals surface area contributed by atoms with Crippen molar-refractivity contribution < 1.29 is 14.4 Å². The summed E-state index contributed by atoms with van der Waals surface area (Å²) in [6.07, 6.45) is 2.58. The lowest BCUT2D eigenvalue weighted by molar-refractivity contribution is -0.220. The average Bonchev–Trinajstić information content (AvgIpc) is 2.24. The van der Waals surface area contributed by atoms with E-state index in [1.807, 2.05) is 0 Å². The van der Waals surface area contributed by atoms with Gasteiger partial charge in [-0.2, -0.15) is 5.48 Å². The standard InChI is InChI=1S/C11H20N2O3/c1-11(2)9(13-16-6-8(12)14)7-4-3-5-15-10(7)11/h7,9-10,13H,3-6H2,1-2H3,(H2,12,14). The van der Waals surface area contributed by atoms with E-state index in [4.69, 9.17) is 15.3 Å². The molecule has 2 fully saturated rings. The number of fused-ring (bicyclic) bond motifs is 1. The average molecular weight is 228 g/mol. The quantitative estimate of drug-likeness (QED) is 0.674. The van der Waals surface area contributed by atoms with Crippen LogP contribution in [0.25, 0.3) is 0 Å². The largest absolute Gasteiger partial charge is 0.377 e. The molecule has 3 N–H and O–H groups in total. The third kappa shape index (κ3) is 1.95. The number of carbonyl (C=O) groups is 1.